The van der Waals surface area contributed by atoms with E-state index in [4.69, 9.17) is 20.5 Å². The summed E-state index contributed by atoms with van der Waals surface area (Å²) in [5.41, 5.74) is 5.10. The highest BCUT2D eigenvalue weighted by Crippen LogP contribution is 2.17. The maximum Gasteiger partial charge on any atom is 0.101 e. The maximum atomic E-state index is 8.82. The number of likely N-dealkylation sites (tertiary alicyclic amines) is 1. The Morgan fingerprint density at radius 3 is 2.28 bits per heavy atom. The molecule has 0 aliphatic carbocycles. The molecule has 5 heteroatoms. The van der Waals surface area contributed by atoms with E-state index < -0.39 is 5.54 Å². The Balaban J connectivity index is 2.20. The molecule has 0 aromatic rings. The Bertz CT molecular complexity index is 276. The summed E-state index contributed by atoms with van der Waals surface area (Å²) in [6.45, 7) is 4.65. The first-order valence-electron chi connectivity index (χ1n) is 6.50. The minimum atomic E-state index is -0.685. The fraction of sp³-hybridized carbons (Fsp3) is 0.923. The van der Waals surface area contributed by atoms with Gasteiger partial charge in [0.25, 0.3) is 0 Å². The van der Waals surface area contributed by atoms with Crippen molar-refractivity contribution in [3.05, 3.63) is 0 Å². The summed E-state index contributed by atoms with van der Waals surface area (Å²) in [6, 6.07) is 2.13. The van der Waals surface area contributed by atoms with Crippen molar-refractivity contribution in [2.45, 2.75) is 43.9 Å². The summed E-state index contributed by atoms with van der Waals surface area (Å²) >= 11 is 0. The van der Waals surface area contributed by atoms with Gasteiger partial charge in [0, 0.05) is 27.3 Å². The van der Waals surface area contributed by atoms with Crippen LogP contribution < -0.4 is 5.73 Å². The fourth-order valence-corrected chi connectivity index (χ4v) is 2.34. The molecule has 1 aliphatic heterocycles. The first kappa shape index (κ1) is 15.4. The lowest BCUT2D eigenvalue weighted by Crippen LogP contribution is -2.34. The molecule has 1 heterocycles. The van der Waals surface area contributed by atoms with Gasteiger partial charge in [-0.25, -0.2) is 0 Å². The van der Waals surface area contributed by atoms with Gasteiger partial charge in [-0.05, 0) is 32.7 Å². The van der Waals surface area contributed by atoms with Crippen molar-refractivity contribution in [3.8, 4) is 6.07 Å². The molecule has 0 amide bonds. The largest absolute Gasteiger partial charge is 0.377 e. The third kappa shape index (κ3) is 4.54. The van der Waals surface area contributed by atoms with Crippen molar-refractivity contribution < 1.29 is 9.47 Å². The molecule has 104 valence electrons. The predicted octanol–water partition coefficient (Wildman–Crippen LogP) is 0.743. The van der Waals surface area contributed by atoms with E-state index >= 15 is 0 Å². The van der Waals surface area contributed by atoms with Crippen molar-refractivity contribution in [1.29, 1.82) is 5.26 Å². The molecule has 0 saturated carbocycles. The average molecular weight is 255 g/mol. The summed E-state index contributed by atoms with van der Waals surface area (Å²) in [5.74, 6) is 0. The van der Waals surface area contributed by atoms with Crippen LogP contribution in [0.3, 0.4) is 0 Å². The van der Waals surface area contributed by atoms with Crippen LogP contribution in [0.5, 0.6) is 0 Å². The van der Waals surface area contributed by atoms with E-state index in [0.717, 1.165) is 38.9 Å². The van der Waals surface area contributed by atoms with Crippen LogP contribution in [0.1, 0.15) is 26.2 Å². The first-order valence-corrected chi connectivity index (χ1v) is 6.50. The zero-order valence-corrected chi connectivity index (χ0v) is 11.7. The number of nitrogens with zero attached hydrogens (tertiary/aromatic N) is 2. The molecule has 1 fully saturated rings. The van der Waals surface area contributed by atoms with Crippen LogP contribution in [0.2, 0.25) is 0 Å². The van der Waals surface area contributed by atoms with Gasteiger partial charge >= 0.3 is 0 Å². The predicted molar refractivity (Wildman–Crippen MR) is 70.1 cm³/mol. The normalized spacial score (nSPS) is 27.9. The van der Waals surface area contributed by atoms with Gasteiger partial charge in [-0.2, -0.15) is 5.26 Å². The van der Waals surface area contributed by atoms with E-state index in [1.807, 2.05) is 0 Å². The molecule has 3 unspecified atom stereocenters. The zero-order chi connectivity index (χ0) is 13.6. The van der Waals surface area contributed by atoms with Crippen molar-refractivity contribution in [3.63, 3.8) is 0 Å². The monoisotopic (exact) mass is 255 g/mol. The molecular formula is C13H25N3O2. The Morgan fingerprint density at radius 1 is 1.28 bits per heavy atom. The van der Waals surface area contributed by atoms with E-state index in [9.17, 15) is 0 Å². The van der Waals surface area contributed by atoms with Gasteiger partial charge in [0.05, 0.1) is 18.3 Å². The summed E-state index contributed by atoms with van der Waals surface area (Å²) < 4.78 is 10.8. The highest BCUT2D eigenvalue weighted by atomic mass is 16.5. The van der Waals surface area contributed by atoms with Crippen LogP contribution in [0.15, 0.2) is 0 Å². The Hall–Kier alpha value is -0.670. The molecule has 0 radical (unpaired) electrons. The number of methoxy groups -OCH3 is 2. The second kappa shape index (κ2) is 7.05. The molecule has 1 rings (SSSR count). The number of nitriles is 1. The molecule has 0 aromatic heterocycles. The molecule has 1 aliphatic rings. The molecule has 5 nitrogen and oxygen atoms in total. The zero-order valence-electron chi connectivity index (χ0n) is 11.7. The van der Waals surface area contributed by atoms with Crippen molar-refractivity contribution >= 4 is 0 Å². The second-order valence-corrected chi connectivity index (χ2v) is 5.29. The number of rotatable bonds is 7. The van der Waals surface area contributed by atoms with E-state index in [1.54, 1.807) is 21.1 Å². The topological polar surface area (TPSA) is 71.5 Å². The number of nitrogens with two attached hydrogens (primary N) is 1. The van der Waals surface area contributed by atoms with Crippen LogP contribution in [0.4, 0.5) is 0 Å². The SMILES string of the molecule is COC1CN(CCCCC(C)(N)C#N)CC1OC. The smallest absolute Gasteiger partial charge is 0.101 e. The Morgan fingerprint density at radius 2 is 1.83 bits per heavy atom. The Labute approximate surface area is 110 Å². The summed E-state index contributed by atoms with van der Waals surface area (Å²) in [6.07, 6.45) is 3.13. The van der Waals surface area contributed by atoms with Crippen LogP contribution >= 0.6 is 0 Å². The molecule has 1 saturated heterocycles. The molecule has 0 bridgehead atoms. The van der Waals surface area contributed by atoms with Gasteiger partial charge in [0.15, 0.2) is 0 Å². The highest BCUT2D eigenvalue weighted by Gasteiger charge is 2.32. The molecule has 2 N–H and O–H groups in total. The lowest BCUT2D eigenvalue weighted by Gasteiger charge is -2.17. The molecular weight excluding hydrogens is 230 g/mol. The maximum absolute atomic E-state index is 8.82. The van der Waals surface area contributed by atoms with E-state index in [-0.39, 0.29) is 12.2 Å². The van der Waals surface area contributed by atoms with Gasteiger partial charge < -0.3 is 15.2 Å². The first-order chi connectivity index (χ1) is 8.52. The molecule has 18 heavy (non-hydrogen) atoms. The van der Waals surface area contributed by atoms with Gasteiger partial charge in [0.2, 0.25) is 0 Å². The average Bonchev–Trinajstić information content (AvgIpc) is 2.77. The van der Waals surface area contributed by atoms with Gasteiger partial charge in [-0.3, -0.25) is 4.90 Å². The van der Waals surface area contributed by atoms with Crippen LogP contribution in [0, 0.1) is 11.3 Å². The summed E-state index contributed by atoms with van der Waals surface area (Å²) in [5, 5.41) is 8.82. The van der Waals surface area contributed by atoms with Crippen LogP contribution in [-0.4, -0.2) is 56.5 Å². The highest BCUT2D eigenvalue weighted by molar-refractivity contribution is 5.00. The third-order valence-electron chi connectivity index (χ3n) is 3.57. The molecule has 3 atom stereocenters. The van der Waals surface area contributed by atoms with Crippen LogP contribution in [0.25, 0.3) is 0 Å². The summed E-state index contributed by atoms with van der Waals surface area (Å²) in [4.78, 5) is 2.35. The summed E-state index contributed by atoms with van der Waals surface area (Å²) in [7, 11) is 3.46. The standard InChI is InChI=1S/C13H25N3O2/c1-13(15,10-14)6-4-5-7-16-8-11(17-2)12(9-16)18-3/h11-12H,4-9,15H2,1-3H3. The van der Waals surface area contributed by atoms with Crippen molar-refractivity contribution in [2.24, 2.45) is 5.73 Å². The number of hydrogen-bond acceptors (Lipinski definition) is 5. The number of unbranched alkanes of at least 4 members (excludes halogenated alkanes) is 1. The van der Waals surface area contributed by atoms with Crippen molar-refractivity contribution in [2.75, 3.05) is 33.9 Å². The van der Waals surface area contributed by atoms with Crippen LogP contribution in [-0.2, 0) is 9.47 Å². The Kier molecular flexibility index (Phi) is 6.03. The molecule has 0 spiro atoms. The minimum Gasteiger partial charge on any atom is -0.377 e. The number of hydrogen-bond donors (Lipinski definition) is 1. The second-order valence-electron chi connectivity index (χ2n) is 5.29. The minimum absolute atomic E-state index is 0.175. The van der Waals surface area contributed by atoms with Crippen molar-refractivity contribution in [1.82, 2.24) is 4.90 Å². The van der Waals surface area contributed by atoms with E-state index in [0.29, 0.717) is 0 Å². The molecule has 0 aromatic carbocycles. The van der Waals surface area contributed by atoms with E-state index in [2.05, 4.69) is 11.0 Å². The van der Waals surface area contributed by atoms with E-state index in [1.165, 1.54) is 0 Å². The van der Waals surface area contributed by atoms with Gasteiger partial charge in [-0.1, -0.05) is 0 Å². The number of ether oxygens (including phenoxy) is 2. The fourth-order valence-electron chi connectivity index (χ4n) is 2.34. The van der Waals surface area contributed by atoms with Gasteiger partial charge in [-0.15, -0.1) is 0 Å². The quantitative estimate of drug-likeness (QED) is 0.679. The lowest BCUT2D eigenvalue weighted by molar-refractivity contribution is -0.00461. The lowest BCUT2D eigenvalue weighted by atomic mass is 9.98. The third-order valence-corrected chi connectivity index (χ3v) is 3.57. The van der Waals surface area contributed by atoms with Gasteiger partial charge in [0.1, 0.15) is 5.54 Å².